The maximum Gasteiger partial charge on any atom is 0.310 e. The minimum Gasteiger partial charge on any atom is -0.462 e. The minimum atomic E-state index is -9.70. The highest BCUT2D eigenvalue weighted by molar-refractivity contribution is 8.45. The molecule has 1 aliphatic carbocycles. The highest BCUT2D eigenvalue weighted by Gasteiger charge is 2.65. The van der Waals surface area contributed by atoms with Crippen LogP contribution in [0.25, 0.3) is 0 Å². The average Bonchev–Trinajstić information content (AvgIpc) is 3.28. The van der Waals surface area contributed by atoms with Gasteiger partial charge in [0.05, 0.1) is 12.6 Å². The number of pyridine rings is 1. The molecule has 1 aromatic carbocycles. The molecule has 1 aromatic heterocycles. The Balaban J connectivity index is 0.000000382. The number of nitrogens with zero attached hydrogens (tertiary/aromatic N) is 3. The van der Waals surface area contributed by atoms with Gasteiger partial charge in [-0.05, 0) is 83.6 Å². The predicted octanol–water partition coefficient (Wildman–Crippen LogP) is 8.38. The summed E-state index contributed by atoms with van der Waals surface area (Å²) < 4.78 is 118. The van der Waals surface area contributed by atoms with E-state index >= 15 is 0 Å². The van der Waals surface area contributed by atoms with E-state index in [1.54, 1.807) is 12.1 Å². The molecule has 0 amide bonds. The van der Waals surface area contributed by atoms with E-state index in [0.717, 1.165) is 12.1 Å². The molecule has 8 nitrogen and oxygen atoms in total. The van der Waals surface area contributed by atoms with E-state index < -0.39 is 39.0 Å². The molecule has 2 unspecified atom stereocenters. The Labute approximate surface area is 286 Å². The zero-order valence-electron chi connectivity index (χ0n) is 28.6. The summed E-state index contributed by atoms with van der Waals surface area (Å²) in [6.07, 6.45) is 5.13. The van der Waals surface area contributed by atoms with Crippen LogP contribution in [0.3, 0.4) is 0 Å². The lowest BCUT2D eigenvalue weighted by Gasteiger charge is -2.40. The van der Waals surface area contributed by atoms with Gasteiger partial charge in [-0.15, -0.1) is 0 Å². The van der Waals surface area contributed by atoms with Gasteiger partial charge >= 0.3 is 10.2 Å². The van der Waals surface area contributed by atoms with Gasteiger partial charge in [-0.2, -0.15) is 0 Å². The molecule has 0 bridgehead atoms. The Morgan fingerprint density at radius 2 is 1.54 bits per heavy atom. The van der Waals surface area contributed by atoms with Crippen molar-refractivity contribution in [1.29, 1.82) is 0 Å². The molecule has 4 rings (SSSR count). The van der Waals surface area contributed by atoms with Crippen molar-refractivity contribution >= 4 is 35.0 Å². The number of carbonyl (C=O) groups excluding carboxylic acids is 3. The zero-order chi connectivity index (χ0) is 38.7. The van der Waals surface area contributed by atoms with Crippen LogP contribution < -0.4 is 10.2 Å². The van der Waals surface area contributed by atoms with E-state index in [1.165, 1.54) is 36.3 Å². The number of likely N-dealkylation sites (N-methyl/N-ethyl adjacent to an activating group) is 2. The molecule has 1 N–H and O–H groups in total. The standard InChI is InChI=1S/C14H13F5N2OS.C7H13F2N.C6H9F2NO.C5H10O2/c1-21(14(10-22)11-3-2-8-20-9-11)12-4-6-13(7-5-12)23(15,16,17,18)19;1-10-6-2-4-7(8,9)5-3-6;1-9-4-6(7,8)2-5(9)3-10;1-5(2,3)7-4-6/h2-10,14H,1H3;6,10H,2-5H2,1H3;3,5H,2,4H2,1H3;4H,1-3H3. The molecular formula is C32H45F9N4O4S. The Kier molecular flexibility index (Phi) is 15.0. The predicted molar refractivity (Wildman–Crippen MR) is 174 cm³/mol. The Morgan fingerprint density at radius 3 is 1.86 bits per heavy atom. The van der Waals surface area contributed by atoms with Gasteiger partial charge in [0.25, 0.3) is 12.4 Å². The number of anilines is 1. The van der Waals surface area contributed by atoms with Crippen LogP contribution in [-0.4, -0.2) is 86.1 Å². The number of carbonyl (C=O) groups is 3. The summed E-state index contributed by atoms with van der Waals surface area (Å²) in [4.78, 5) is 35.7. The third-order valence-electron chi connectivity index (χ3n) is 7.50. The number of hydrogen-bond acceptors (Lipinski definition) is 8. The normalized spacial score (nSPS) is 20.7. The fraction of sp³-hybridized carbons (Fsp3) is 0.562. The summed E-state index contributed by atoms with van der Waals surface area (Å²) in [5.41, 5.74) is 0.403. The second-order valence-corrected chi connectivity index (χ2v) is 15.3. The monoisotopic (exact) mass is 752 g/mol. The second-order valence-electron chi connectivity index (χ2n) is 12.9. The summed E-state index contributed by atoms with van der Waals surface area (Å²) in [6, 6.07) is 4.61. The number of hydrogen-bond donors (Lipinski definition) is 1. The first-order chi connectivity index (χ1) is 22.7. The van der Waals surface area contributed by atoms with E-state index in [9.17, 15) is 51.4 Å². The van der Waals surface area contributed by atoms with Crippen LogP contribution in [0, 0.1) is 0 Å². The molecule has 2 heterocycles. The summed E-state index contributed by atoms with van der Waals surface area (Å²) in [5.74, 6) is -5.05. The molecule has 2 fully saturated rings. The summed E-state index contributed by atoms with van der Waals surface area (Å²) in [6.45, 7) is 5.63. The van der Waals surface area contributed by atoms with Gasteiger partial charge in [-0.25, -0.2) is 17.6 Å². The Hall–Kier alpha value is -3.38. The number of alkyl halides is 4. The number of aromatic nitrogens is 1. The topological polar surface area (TPSA) is 91.8 Å². The van der Waals surface area contributed by atoms with Crippen LogP contribution in [0.15, 0.2) is 53.7 Å². The molecule has 2 aliphatic rings. The number of benzene rings is 1. The molecule has 2 atom stereocenters. The lowest BCUT2D eigenvalue weighted by atomic mass is 9.92. The lowest BCUT2D eigenvalue weighted by Crippen LogP contribution is -2.34. The van der Waals surface area contributed by atoms with Crippen LogP contribution in [0.2, 0.25) is 0 Å². The van der Waals surface area contributed by atoms with Crippen LogP contribution in [0.4, 0.5) is 42.7 Å². The van der Waals surface area contributed by atoms with E-state index in [4.69, 9.17) is 0 Å². The maximum atomic E-state index is 12.7. The van der Waals surface area contributed by atoms with Crippen LogP contribution in [-0.2, 0) is 19.1 Å². The first-order valence-electron chi connectivity index (χ1n) is 15.3. The van der Waals surface area contributed by atoms with Crippen LogP contribution >= 0.6 is 10.2 Å². The van der Waals surface area contributed by atoms with Gasteiger partial charge in [0.1, 0.15) is 29.1 Å². The van der Waals surface area contributed by atoms with Crippen LogP contribution in [0.1, 0.15) is 64.5 Å². The van der Waals surface area contributed by atoms with Crippen molar-refractivity contribution in [1.82, 2.24) is 15.2 Å². The van der Waals surface area contributed by atoms with Crippen molar-refractivity contribution in [3.05, 3.63) is 54.4 Å². The van der Waals surface area contributed by atoms with Gasteiger partial charge < -0.3 is 24.5 Å². The maximum absolute atomic E-state index is 12.7. The van der Waals surface area contributed by atoms with Crippen molar-refractivity contribution in [3.63, 3.8) is 0 Å². The molecule has 286 valence electrons. The summed E-state index contributed by atoms with van der Waals surface area (Å²) >= 11 is 0. The van der Waals surface area contributed by atoms with E-state index in [1.807, 2.05) is 27.8 Å². The van der Waals surface area contributed by atoms with Gasteiger partial charge in [-0.1, -0.05) is 25.5 Å². The number of rotatable bonds is 8. The SMILES string of the molecule is CC(C)(C)OC=O.CN(c1ccc(S(F)(F)(F)(F)F)cc1)C(C=O)c1cccnc1.CN1CC(F)(F)CC1C=O.CNC1CCC(F)(F)CC1. The fourth-order valence-corrected chi connectivity index (χ4v) is 5.33. The van der Waals surface area contributed by atoms with Gasteiger partial charge in [0.15, 0.2) is 0 Å². The number of likely N-dealkylation sites (tertiary alicyclic amines) is 1. The highest BCUT2D eigenvalue weighted by Crippen LogP contribution is 3.02. The molecule has 50 heavy (non-hydrogen) atoms. The molecular weight excluding hydrogens is 707 g/mol. The number of aldehydes is 2. The number of ether oxygens (including phenoxy) is 1. The Morgan fingerprint density at radius 1 is 0.980 bits per heavy atom. The van der Waals surface area contributed by atoms with Gasteiger partial charge in [0.2, 0.25) is 5.92 Å². The van der Waals surface area contributed by atoms with Crippen molar-refractivity contribution in [2.24, 2.45) is 0 Å². The molecule has 1 saturated heterocycles. The largest absolute Gasteiger partial charge is 0.462 e. The number of nitrogens with one attached hydrogen (secondary N) is 1. The molecule has 1 aliphatic heterocycles. The van der Waals surface area contributed by atoms with E-state index in [2.05, 4.69) is 15.0 Å². The van der Waals surface area contributed by atoms with Crippen molar-refractivity contribution in [2.75, 3.05) is 32.6 Å². The molecule has 1 saturated carbocycles. The van der Waals surface area contributed by atoms with Crippen molar-refractivity contribution in [2.45, 2.75) is 93.3 Å². The third kappa shape index (κ3) is 16.1. The molecule has 2 aromatic rings. The molecule has 0 spiro atoms. The first kappa shape index (κ1) is 44.6. The number of halogens is 9. The van der Waals surface area contributed by atoms with E-state index in [0.29, 0.717) is 55.6 Å². The summed E-state index contributed by atoms with van der Waals surface area (Å²) in [5, 5.41) is 3.01. The quantitative estimate of drug-likeness (QED) is 0.213. The third-order valence-corrected chi connectivity index (χ3v) is 8.66. The lowest BCUT2D eigenvalue weighted by molar-refractivity contribution is -0.138. The first-order valence-corrected chi connectivity index (χ1v) is 17.2. The smallest absolute Gasteiger partial charge is 0.310 e. The Bertz CT molecular complexity index is 1360. The molecule has 18 heteroatoms. The van der Waals surface area contributed by atoms with Gasteiger partial charge in [0, 0.05) is 50.4 Å². The zero-order valence-corrected chi connectivity index (χ0v) is 29.4. The minimum absolute atomic E-state index is 0.0541. The molecule has 0 radical (unpaired) electrons. The highest BCUT2D eigenvalue weighted by atomic mass is 32.5. The summed E-state index contributed by atoms with van der Waals surface area (Å²) in [7, 11) is -4.87. The van der Waals surface area contributed by atoms with E-state index in [-0.39, 0.29) is 37.1 Å². The van der Waals surface area contributed by atoms with Gasteiger partial charge in [-0.3, -0.25) is 14.7 Å². The fourth-order valence-electron chi connectivity index (χ4n) is 4.68. The van der Waals surface area contributed by atoms with Crippen molar-refractivity contribution < 1.29 is 56.1 Å². The second kappa shape index (κ2) is 16.8. The average molecular weight is 753 g/mol. The van der Waals surface area contributed by atoms with Crippen LogP contribution in [0.5, 0.6) is 0 Å². The van der Waals surface area contributed by atoms with Crippen molar-refractivity contribution in [3.8, 4) is 0 Å².